The number of likely N-dealkylation sites (tertiary alicyclic amines) is 1. The number of imide groups is 2. The first-order valence-corrected chi connectivity index (χ1v) is 8.30. The molecule has 2 saturated heterocycles. The van der Waals surface area contributed by atoms with Crippen LogP contribution in [0.3, 0.4) is 0 Å². The summed E-state index contributed by atoms with van der Waals surface area (Å²) in [4.78, 5) is 61.3. The molecular formula is C17H19N3O5. The second-order valence-corrected chi connectivity index (χ2v) is 6.29. The topological polar surface area (TPSA) is 113 Å². The van der Waals surface area contributed by atoms with Gasteiger partial charge < -0.3 is 5.32 Å². The van der Waals surface area contributed by atoms with Crippen molar-refractivity contribution in [3.05, 3.63) is 23.8 Å². The molecule has 5 amide bonds. The summed E-state index contributed by atoms with van der Waals surface area (Å²) in [5.74, 6) is -3.17. The van der Waals surface area contributed by atoms with E-state index in [-0.39, 0.29) is 31.2 Å². The van der Waals surface area contributed by atoms with Crippen molar-refractivity contribution in [3.8, 4) is 0 Å². The second kappa shape index (κ2) is 6.62. The lowest BCUT2D eigenvalue weighted by Gasteiger charge is -2.28. The molecule has 1 aliphatic carbocycles. The molecule has 0 bridgehead atoms. The van der Waals surface area contributed by atoms with Gasteiger partial charge >= 0.3 is 0 Å². The van der Waals surface area contributed by atoms with Crippen molar-refractivity contribution in [1.29, 1.82) is 0 Å². The van der Waals surface area contributed by atoms with Crippen LogP contribution >= 0.6 is 0 Å². The van der Waals surface area contributed by atoms with Gasteiger partial charge in [0.05, 0.1) is 5.92 Å². The van der Waals surface area contributed by atoms with Crippen molar-refractivity contribution in [3.63, 3.8) is 0 Å². The Balaban J connectivity index is 1.81. The molecule has 3 rings (SSSR count). The minimum absolute atomic E-state index is 0.0887. The smallest absolute Gasteiger partial charge is 0.257 e. The second-order valence-electron chi connectivity index (χ2n) is 6.29. The molecule has 8 nitrogen and oxygen atoms in total. The van der Waals surface area contributed by atoms with Gasteiger partial charge in [-0.2, -0.15) is 0 Å². The van der Waals surface area contributed by atoms with Crippen LogP contribution in [0.15, 0.2) is 23.8 Å². The Hall–Kier alpha value is -2.77. The number of carbonyl (C=O) groups excluding carboxylic acids is 5. The highest BCUT2D eigenvalue weighted by Crippen LogP contribution is 2.37. The molecule has 3 atom stereocenters. The number of nitrogens with one attached hydrogen (secondary N) is 2. The Bertz CT molecular complexity index is 724. The number of hydrogen-bond donors (Lipinski definition) is 2. The average molecular weight is 345 g/mol. The molecule has 2 fully saturated rings. The van der Waals surface area contributed by atoms with E-state index in [9.17, 15) is 24.0 Å². The fourth-order valence-corrected chi connectivity index (χ4v) is 3.42. The number of nitrogens with zero attached hydrogens (tertiary/aromatic N) is 1. The fraction of sp³-hybridized carbons (Fsp3) is 0.471. The van der Waals surface area contributed by atoms with E-state index in [1.165, 1.54) is 0 Å². The van der Waals surface area contributed by atoms with Gasteiger partial charge in [0.2, 0.25) is 23.6 Å². The molecule has 25 heavy (non-hydrogen) atoms. The zero-order chi connectivity index (χ0) is 18.1. The van der Waals surface area contributed by atoms with Crippen LogP contribution < -0.4 is 10.6 Å². The van der Waals surface area contributed by atoms with E-state index >= 15 is 0 Å². The number of fused-ring (bicyclic) bond motifs is 1. The van der Waals surface area contributed by atoms with Gasteiger partial charge in [-0.05, 0) is 6.42 Å². The van der Waals surface area contributed by atoms with Crippen LogP contribution in [0.2, 0.25) is 0 Å². The Morgan fingerprint density at radius 1 is 1.32 bits per heavy atom. The van der Waals surface area contributed by atoms with Crippen molar-refractivity contribution in [2.75, 3.05) is 6.54 Å². The van der Waals surface area contributed by atoms with Gasteiger partial charge in [-0.15, -0.1) is 0 Å². The minimum atomic E-state index is -0.963. The molecule has 0 aromatic heterocycles. The Morgan fingerprint density at radius 2 is 2.08 bits per heavy atom. The first kappa shape index (κ1) is 17.1. The number of hydrogen-bond acceptors (Lipinski definition) is 5. The predicted molar refractivity (Wildman–Crippen MR) is 85.5 cm³/mol. The SMILES string of the molecule is CCC(=O)NCC1C=CC=C2C(=O)N(C3CCC(=O)NC3=O)C(=O)C21. The summed E-state index contributed by atoms with van der Waals surface area (Å²) in [5, 5.41) is 4.91. The van der Waals surface area contributed by atoms with Crippen molar-refractivity contribution in [2.24, 2.45) is 11.8 Å². The van der Waals surface area contributed by atoms with Crippen LogP contribution in [0.4, 0.5) is 0 Å². The molecule has 0 aromatic carbocycles. The Kier molecular flexibility index (Phi) is 4.52. The van der Waals surface area contributed by atoms with Crippen molar-refractivity contribution in [1.82, 2.24) is 15.5 Å². The summed E-state index contributed by atoms with van der Waals surface area (Å²) in [6.45, 7) is 1.97. The highest BCUT2D eigenvalue weighted by molar-refractivity contribution is 6.18. The molecule has 3 aliphatic rings. The fourth-order valence-electron chi connectivity index (χ4n) is 3.42. The third-order valence-electron chi connectivity index (χ3n) is 4.74. The van der Waals surface area contributed by atoms with E-state index < -0.39 is 35.6 Å². The molecule has 0 spiro atoms. The molecular weight excluding hydrogens is 326 g/mol. The minimum Gasteiger partial charge on any atom is -0.355 e. The third-order valence-corrected chi connectivity index (χ3v) is 4.74. The van der Waals surface area contributed by atoms with E-state index in [1.54, 1.807) is 25.2 Å². The molecule has 0 radical (unpaired) electrons. The van der Waals surface area contributed by atoms with Gasteiger partial charge in [-0.1, -0.05) is 25.2 Å². The van der Waals surface area contributed by atoms with E-state index in [0.717, 1.165) is 4.90 Å². The van der Waals surface area contributed by atoms with Crippen LogP contribution in [0.25, 0.3) is 0 Å². The lowest BCUT2D eigenvalue weighted by Crippen LogP contribution is -2.54. The maximum atomic E-state index is 12.9. The normalized spacial score (nSPS) is 28.6. The summed E-state index contributed by atoms with van der Waals surface area (Å²) >= 11 is 0. The standard InChI is InChI=1S/C17H19N3O5/c1-2-12(21)18-8-9-4-3-5-10-14(9)17(25)20(16(10)24)11-6-7-13(22)19-15(11)23/h3-5,9,11,14H,2,6-8H2,1H3,(H,18,21)(H,19,22,23). The molecule has 2 heterocycles. The zero-order valence-corrected chi connectivity index (χ0v) is 13.8. The van der Waals surface area contributed by atoms with Crippen LogP contribution in [0.5, 0.6) is 0 Å². The zero-order valence-electron chi connectivity index (χ0n) is 13.8. The molecule has 8 heteroatoms. The van der Waals surface area contributed by atoms with Crippen molar-refractivity contribution >= 4 is 29.5 Å². The monoisotopic (exact) mass is 345 g/mol. The van der Waals surface area contributed by atoms with E-state index in [4.69, 9.17) is 0 Å². The first-order valence-electron chi connectivity index (χ1n) is 8.30. The molecule has 2 aliphatic heterocycles. The number of carbonyl (C=O) groups is 5. The van der Waals surface area contributed by atoms with Gasteiger partial charge in [0.1, 0.15) is 6.04 Å². The van der Waals surface area contributed by atoms with Crippen LogP contribution in [-0.2, 0) is 24.0 Å². The van der Waals surface area contributed by atoms with E-state index in [1.807, 2.05) is 0 Å². The summed E-state index contributed by atoms with van der Waals surface area (Å²) in [7, 11) is 0. The van der Waals surface area contributed by atoms with E-state index in [2.05, 4.69) is 10.6 Å². The highest BCUT2D eigenvalue weighted by Gasteiger charge is 2.51. The number of rotatable bonds is 4. The summed E-state index contributed by atoms with van der Waals surface area (Å²) in [6, 6.07) is -0.963. The van der Waals surface area contributed by atoms with E-state index in [0.29, 0.717) is 12.0 Å². The molecule has 3 unspecified atom stereocenters. The maximum absolute atomic E-state index is 12.9. The van der Waals surface area contributed by atoms with Crippen molar-refractivity contribution < 1.29 is 24.0 Å². The molecule has 0 saturated carbocycles. The van der Waals surface area contributed by atoms with Gasteiger partial charge in [0.25, 0.3) is 5.91 Å². The van der Waals surface area contributed by atoms with Gasteiger partial charge in [0, 0.05) is 30.9 Å². The van der Waals surface area contributed by atoms with Crippen LogP contribution in [0, 0.1) is 11.8 Å². The molecule has 132 valence electrons. The highest BCUT2D eigenvalue weighted by atomic mass is 16.2. The maximum Gasteiger partial charge on any atom is 0.257 e. The lowest BCUT2D eigenvalue weighted by molar-refractivity contribution is -0.151. The quantitative estimate of drug-likeness (QED) is 0.662. The molecule has 0 aromatic rings. The van der Waals surface area contributed by atoms with Crippen molar-refractivity contribution in [2.45, 2.75) is 32.2 Å². The van der Waals surface area contributed by atoms with Gasteiger partial charge in [-0.3, -0.25) is 34.2 Å². The number of allylic oxidation sites excluding steroid dienone is 2. The lowest BCUT2D eigenvalue weighted by atomic mass is 9.83. The van der Waals surface area contributed by atoms with Crippen LogP contribution in [0.1, 0.15) is 26.2 Å². The Labute approximate surface area is 144 Å². The van der Waals surface area contributed by atoms with Crippen LogP contribution in [-0.4, -0.2) is 47.0 Å². The summed E-state index contributed by atoms with van der Waals surface area (Å²) in [5.41, 5.74) is 0.327. The van der Waals surface area contributed by atoms with Gasteiger partial charge in [0.15, 0.2) is 0 Å². The Morgan fingerprint density at radius 3 is 2.76 bits per heavy atom. The molecule has 2 N–H and O–H groups in total. The summed E-state index contributed by atoms with van der Waals surface area (Å²) < 4.78 is 0. The number of amides is 5. The third kappa shape index (κ3) is 2.99. The number of piperidine rings is 1. The predicted octanol–water partition coefficient (Wildman–Crippen LogP) is -0.585. The average Bonchev–Trinajstić information content (AvgIpc) is 2.85. The first-order chi connectivity index (χ1) is 11.9. The van der Waals surface area contributed by atoms with Gasteiger partial charge in [-0.25, -0.2) is 0 Å². The summed E-state index contributed by atoms with van der Waals surface area (Å²) in [6.07, 6.45) is 5.60. The largest absolute Gasteiger partial charge is 0.355 e.